The molecule has 26 heavy (non-hydrogen) atoms. The van der Waals surface area contributed by atoms with E-state index in [0.29, 0.717) is 16.5 Å². The zero-order valence-corrected chi connectivity index (χ0v) is 14.9. The Balaban J connectivity index is 1.76. The minimum atomic E-state index is -3.81. The van der Waals surface area contributed by atoms with E-state index in [9.17, 15) is 18.0 Å². The van der Waals surface area contributed by atoms with Crippen LogP contribution in [0, 0.1) is 0 Å². The lowest BCUT2D eigenvalue weighted by Crippen LogP contribution is -2.23. The summed E-state index contributed by atoms with van der Waals surface area (Å²) in [5.74, 6) is -0.928. The van der Waals surface area contributed by atoms with Gasteiger partial charge < -0.3 is 14.8 Å². The van der Waals surface area contributed by atoms with E-state index in [0.717, 1.165) is 0 Å². The standard InChI is InChI=1S/C16H15ClN2O6S/c17-11-2-1-3-13(8-11)24-10-16(21)25-9-15(20)19-12-4-6-14(7-5-12)26(18,22)23/h1-8H,9-10H2,(H,19,20)(H2,18,22,23). The minimum absolute atomic E-state index is 0.0832. The summed E-state index contributed by atoms with van der Waals surface area (Å²) in [4.78, 5) is 23.2. The zero-order chi connectivity index (χ0) is 19.2. The molecule has 0 saturated carbocycles. The van der Waals surface area contributed by atoms with E-state index in [2.05, 4.69) is 5.32 Å². The minimum Gasteiger partial charge on any atom is -0.482 e. The van der Waals surface area contributed by atoms with E-state index < -0.39 is 28.5 Å². The van der Waals surface area contributed by atoms with Gasteiger partial charge in [0.25, 0.3) is 5.91 Å². The van der Waals surface area contributed by atoms with Crippen molar-refractivity contribution in [3.05, 3.63) is 53.6 Å². The molecule has 138 valence electrons. The van der Waals surface area contributed by atoms with Crippen LogP contribution in [0.5, 0.6) is 5.75 Å². The van der Waals surface area contributed by atoms with Crippen LogP contribution in [0.4, 0.5) is 5.69 Å². The zero-order valence-electron chi connectivity index (χ0n) is 13.3. The molecular weight excluding hydrogens is 384 g/mol. The maximum Gasteiger partial charge on any atom is 0.344 e. The third-order valence-electron chi connectivity index (χ3n) is 2.98. The maximum absolute atomic E-state index is 11.7. The predicted octanol–water partition coefficient (Wildman–Crippen LogP) is 1.55. The van der Waals surface area contributed by atoms with Crippen LogP contribution < -0.4 is 15.2 Å². The Morgan fingerprint density at radius 2 is 1.77 bits per heavy atom. The largest absolute Gasteiger partial charge is 0.482 e. The van der Waals surface area contributed by atoms with Gasteiger partial charge in [-0.25, -0.2) is 18.4 Å². The number of anilines is 1. The van der Waals surface area contributed by atoms with E-state index >= 15 is 0 Å². The molecule has 8 nitrogen and oxygen atoms in total. The average molecular weight is 399 g/mol. The first kappa shape index (κ1) is 19.7. The molecule has 0 aromatic heterocycles. The number of esters is 1. The summed E-state index contributed by atoms with van der Waals surface area (Å²) in [6, 6.07) is 11.7. The van der Waals surface area contributed by atoms with Crippen LogP contribution in [-0.2, 0) is 24.3 Å². The van der Waals surface area contributed by atoms with E-state index in [4.69, 9.17) is 26.2 Å². The Morgan fingerprint density at radius 3 is 2.38 bits per heavy atom. The Labute approximate surface area is 154 Å². The number of sulfonamides is 1. The fourth-order valence-electron chi connectivity index (χ4n) is 1.81. The SMILES string of the molecule is NS(=O)(=O)c1ccc(NC(=O)COC(=O)COc2cccc(Cl)c2)cc1. The number of ether oxygens (including phenoxy) is 2. The van der Waals surface area contributed by atoms with Crippen molar-refractivity contribution in [1.29, 1.82) is 0 Å². The van der Waals surface area contributed by atoms with Crippen molar-refractivity contribution in [2.45, 2.75) is 4.90 Å². The van der Waals surface area contributed by atoms with Crippen LogP contribution >= 0.6 is 11.6 Å². The molecule has 0 aliphatic rings. The highest BCUT2D eigenvalue weighted by Crippen LogP contribution is 2.17. The van der Waals surface area contributed by atoms with Crippen molar-refractivity contribution in [3.63, 3.8) is 0 Å². The molecule has 0 aliphatic heterocycles. The number of carbonyl (C=O) groups is 2. The van der Waals surface area contributed by atoms with Gasteiger partial charge in [-0.15, -0.1) is 0 Å². The van der Waals surface area contributed by atoms with Crippen molar-refractivity contribution >= 4 is 39.2 Å². The molecule has 1 amide bonds. The number of rotatable bonds is 7. The number of primary sulfonamides is 1. The number of nitrogens with one attached hydrogen (secondary N) is 1. The molecule has 0 unspecified atom stereocenters. The van der Waals surface area contributed by atoms with Crippen molar-refractivity contribution in [2.24, 2.45) is 5.14 Å². The number of carbonyl (C=O) groups excluding carboxylic acids is 2. The second-order valence-electron chi connectivity index (χ2n) is 5.02. The van der Waals surface area contributed by atoms with Crippen LogP contribution in [0.2, 0.25) is 5.02 Å². The lowest BCUT2D eigenvalue weighted by molar-refractivity contribution is -0.149. The molecule has 0 radical (unpaired) electrons. The fourth-order valence-corrected chi connectivity index (χ4v) is 2.51. The molecule has 10 heteroatoms. The van der Waals surface area contributed by atoms with Crippen molar-refractivity contribution in [2.75, 3.05) is 18.5 Å². The second kappa shape index (κ2) is 8.65. The van der Waals surface area contributed by atoms with Gasteiger partial charge in [0, 0.05) is 10.7 Å². The van der Waals surface area contributed by atoms with E-state index in [1.165, 1.54) is 30.3 Å². The van der Waals surface area contributed by atoms with Crippen LogP contribution in [0.3, 0.4) is 0 Å². The maximum atomic E-state index is 11.7. The monoisotopic (exact) mass is 398 g/mol. The molecule has 3 N–H and O–H groups in total. The molecule has 0 aliphatic carbocycles. The van der Waals surface area contributed by atoms with Gasteiger partial charge in [0.15, 0.2) is 13.2 Å². The van der Waals surface area contributed by atoms with Crippen LogP contribution in [0.25, 0.3) is 0 Å². The predicted molar refractivity (Wildman–Crippen MR) is 94.4 cm³/mol. The molecule has 0 fully saturated rings. The van der Waals surface area contributed by atoms with Gasteiger partial charge in [0.1, 0.15) is 5.75 Å². The third-order valence-corrected chi connectivity index (χ3v) is 4.15. The Bertz CT molecular complexity index is 899. The molecule has 2 aromatic carbocycles. The summed E-state index contributed by atoms with van der Waals surface area (Å²) in [6.07, 6.45) is 0. The first-order chi connectivity index (χ1) is 12.2. The highest BCUT2D eigenvalue weighted by atomic mass is 35.5. The highest BCUT2D eigenvalue weighted by Gasteiger charge is 2.11. The first-order valence-corrected chi connectivity index (χ1v) is 9.13. The van der Waals surface area contributed by atoms with Gasteiger partial charge in [-0.3, -0.25) is 4.79 Å². The normalized spacial score (nSPS) is 10.8. The Hall–Kier alpha value is -2.62. The summed E-state index contributed by atoms with van der Waals surface area (Å²) in [6.45, 7) is -0.897. The molecule has 0 saturated heterocycles. The van der Waals surface area contributed by atoms with Crippen molar-refractivity contribution in [3.8, 4) is 5.75 Å². The number of amides is 1. The Kier molecular flexibility index (Phi) is 6.56. The van der Waals surface area contributed by atoms with E-state index in [-0.39, 0.29) is 11.5 Å². The quantitative estimate of drug-likeness (QED) is 0.681. The number of hydrogen-bond donors (Lipinski definition) is 2. The number of benzene rings is 2. The molecule has 2 rings (SSSR count). The van der Waals surface area contributed by atoms with Crippen LogP contribution in [0.15, 0.2) is 53.4 Å². The lowest BCUT2D eigenvalue weighted by Gasteiger charge is -2.08. The average Bonchev–Trinajstić information content (AvgIpc) is 2.58. The Morgan fingerprint density at radius 1 is 1.08 bits per heavy atom. The third kappa shape index (κ3) is 6.36. The van der Waals surface area contributed by atoms with Gasteiger partial charge in [0.05, 0.1) is 4.90 Å². The number of nitrogens with two attached hydrogens (primary N) is 1. The highest BCUT2D eigenvalue weighted by molar-refractivity contribution is 7.89. The smallest absolute Gasteiger partial charge is 0.344 e. The van der Waals surface area contributed by atoms with Crippen molar-refractivity contribution < 1.29 is 27.5 Å². The summed E-state index contributed by atoms with van der Waals surface area (Å²) < 4.78 is 32.2. The molecule has 0 atom stereocenters. The van der Waals surface area contributed by atoms with E-state index in [1.807, 2.05) is 0 Å². The summed E-state index contributed by atoms with van der Waals surface area (Å²) in [7, 11) is -3.81. The molecule has 0 spiro atoms. The van der Waals surface area contributed by atoms with Gasteiger partial charge in [-0.05, 0) is 42.5 Å². The van der Waals surface area contributed by atoms with Gasteiger partial charge in [-0.2, -0.15) is 0 Å². The molecule has 2 aromatic rings. The number of hydrogen-bond acceptors (Lipinski definition) is 6. The molecule has 0 bridgehead atoms. The summed E-state index contributed by atoms with van der Waals surface area (Å²) in [5.41, 5.74) is 0.327. The summed E-state index contributed by atoms with van der Waals surface area (Å²) >= 11 is 5.79. The fraction of sp³-hybridized carbons (Fsp3) is 0.125. The second-order valence-corrected chi connectivity index (χ2v) is 7.02. The lowest BCUT2D eigenvalue weighted by atomic mass is 10.3. The molecule has 0 heterocycles. The van der Waals surface area contributed by atoms with E-state index in [1.54, 1.807) is 18.2 Å². The van der Waals surface area contributed by atoms with Crippen LogP contribution in [-0.4, -0.2) is 33.5 Å². The topological polar surface area (TPSA) is 125 Å². The first-order valence-electron chi connectivity index (χ1n) is 7.21. The van der Waals surface area contributed by atoms with Gasteiger partial charge in [-0.1, -0.05) is 17.7 Å². The van der Waals surface area contributed by atoms with Crippen LogP contribution in [0.1, 0.15) is 0 Å². The van der Waals surface area contributed by atoms with Crippen molar-refractivity contribution in [1.82, 2.24) is 0 Å². The van der Waals surface area contributed by atoms with Gasteiger partial charge in [0.2, 0.25) is 10.0 Å². The molecular formula is C16H15ClN2O6S. The number of halogens is 1. The van der Waals surface area contributed by atoms with Gasteiger partial charge >= 0.3 is 5.97 Å². The summed E-state index contributed by atoms with van der Waals surface area (Å²) in [5, 5.41) is 7.88.